The zero-order valence-electron chi connectivity index (χ0n) is 19.4. The summed E-state index contributed by atoms with van der Waals surface area (Å²) in [4.78, 5) is 27.2. The number of para-hydroxylation sites is 1. The number of rotatable bonds is 8. The van der Waals surface area contributed by atoms with Crippen molar-refractivity contribution in [2.45, 2.75) is 19.8 Å². The van der Waals surface area contributed by atoms with E-state index in [1.54, 1.807) is 12.4 Å². The molecule has 0 amide bonds. The molecular weight excluding hydrogens is 430 g/mol. The van der Waals surface area contributed by atoms with E-state index in [1.165, 1.54) is 10.9 Å². The molecule has 8 heteroatoms. The minimum Gasteiger partial charge on any atom is -0.466 e. The van der Waals surface area contributed by atoms with Gasteiger partial charge >= 0.3 is 5.97 Å². The highest BCUT2D eigenvalue weighted by molar-refractivity contribution is 5.90. The fourth-order valence-corrected chi connectivity index (χ4v) is 4.44. The van der Waals surface area contributed by atoms with Crippen LogP contribution in [0, 0.1) is 0 Å². The average Bonchev–Trinajstić information content (AvgIpc) is 3.48. The van der Waals surface area contributed by atoms with Gasteiger partial charge in [-0.05, 0) is 36.6 Å². The minimum absolute atomic E-state index is 0.233. The lowest BCUT2D eigenvalue weighted by Crippen LogP contribution is -2.37. The molecule has 5 rings (SSSR count). The number of hydrogen-bond acceptors (Lipinski definition) is 6. The van der Waals surface area contributed by atoms with Gasteiger partial charge in [-0.15, -0.1) is 0 Å². The number of carbonyl (C=O) groups excluding carboxylic acids is 1. The molecule has 8 nitrogen and oxygen atoms in total. The molecule has 3 aromatic heterocycles. The first-order valence-corrected chi connectivity index (χ1v) is 11.8. The van der Waals surface area contributed by atoms with E-state index in [-0.39, 0.29) is 12.4 Å². The van der Waals surface area contributed by atoms with Crippen LogP contribution in [0.1, 0.15) is 18.1 Å². The summed E-state index contributed by atoms with van der Waals surface area (Å²) in [6, 6.07) is 10.3. The summed E-state index contributed by atoms with van der Waals surface area (Å²) in [6.07, 6.45) is 8.48. The fourth-order valence-electron chi connectivity index (χ4n) is 4.44. The van der Waals surface area contributed by atoms with Crippen LogP contribution in [-0.2, 0) is 27.1 Å². The van der Waals surface area contributed by atoms with Crippen molar-refractivity contribution in [3.8, 4) is 17.2 Å². The molecule has 1 saturated heterocycles. The molecule has 4 aromatic rings. The first-order valence-electron chi connectivity index (χ1n) is 11.8. The summed E-state index contributed by atoms with van der Waals surface area (Å²) in [7, 11) is 0. The van der Waals surface area contributed by atoms with Crippen LogP contribution in [0.4, 0.5) is 0 Å². The number of benzene rings is 1. The first-order chi connectivity index (χ1) is 16.7. The summed E-state index contributed by atoms with van der Waals surface area (Å²) in [6.45, 7) is 6.69. The van der Waals surface area contributed by atoms with Crippen LogP contribution in [0.25, 0.3) is 28.1 Å². The van der Waals surface area contributed by atoms with Crippen LogP contribution in [-0.4, -0.2) is 69.8 Å². The Morgan fingerprint density at radius 3 is 2.88 bits per heavy atom. The van der Waals surface area contributed by atoms with Gasteiger partial charge in [-0.3, -0.25) is 14.7 Å². The van der Waals surface area contributed by atoms with E-state index in [2.05, 4.69) is 33.1 Å². The van der Waals surface area contributed by atoms with E-state index in [0.717, 1.165) is 61.7 Å². The van der Waals surface area contributed by atoms with E-state index in [0.29, 0.717) is 12.4 Å². The zero-order chi connectivity index (χ0) is 23.3. The SMILES string of the molecule is CCOC(=O)Cc1ccn(-c2cncc(-c3[nH]c4ccccc4c3CCN3CCOCC3)n2)c1. The number of aromatic nitrogens is 4. The summed E-state index contributed by atoms with van der Waals surface area (Å²) >= 11 is 0. The number of esters is 1. The summed E-state index contributed by atoms with van der Waals surface area (Å²) in [5.74, 6) is 0.466. The van der Waals surface area contributed by atoms with Gasteiger partial charge < -0.3 is 19.0 Å². The van der Waals surface area contributed by atoms with Crippen LogP contribution >= 0.6 is 0 Å². The third-order valence-corrected chi connectivity index (χ3v) is 6.15. The highest BCUT2D eigenvalue weighted by Gasteiger charge is 2.18. The molecule has 0 unspecified atom stereocenters. The van der Waals surface area contributed by atoms with Gasteiger partial charge in [0.15, 0.2) is 5.82 Å². The van der Waals surface area contributed by atoms with Crippen molar-refractivity contribution in [3.63, 3.8) is 0 Å². The normalized spacial score (nSPS) is 14.5. The van der Waals surface area contributed by atoms with Crippen LogP contribution in [0.15, 0.2) is 55.1 Å². The number of H-pyrrole nitrogens is 1. The molecule has 0 atom stereocenters. The Hall–Kier alpha value is -3.49. The largest absolute Gasteiger partial charge is 0.466 e. The Kier molecular flexibility index (Phi) is 6.69. The monoisotopic (exact) mass is 459 g/mol. The van der Waals surface area contributed by atoms with Gasteiger partial charge in [-0.2, -0.15) is 0 Å². The maximum atomic E-state index is 11.8. The number of fused-ring (bicyclic) bond motifs is 1. The van der Waals surface area contributed by atoms with E-state index in [9.17, 15) is 4.79 Å². The van der Waals surface area contributed by atoms with Gasteiger partial charge in [-0.1, -0.05) is 18.2 Å². The Balaban J connectivity index is 1.43. The molecule has 0 bridgehead atoms. The fraction of sp³-hybridized carbons (Fsp3) is 0.346. The van der Waals surface area contributed by atoms with Crippen LogP contribution < -0.4 is 0 Å². The third-order valence-electron chi connectivity index (χ3n) is 6.15. The number of aromatic amines is 1. The van der Waals surface area contributed by atoms with Gasteiger partial charge in [0.05, 0.1) is 44.3 Å². The van der Waals surface area contributed by atoms with E-state index >= 15 is 0 Å². The topological polar surface area (TPSA) is 85.3 Å². The van der Waals surface area contributed by atoms with E-state index in [4.69, 9.17) is 14.5 Å². The Morgan fingerprint density at radius 2 is 2.03 bits per heavy atom. The Labute approximate surface area is 198 Å². The lowest BCUT2D eigenvalue weighted by Gasteiger charge is -2.26. The van der Waals surface area contributed by atoms with Gasteiger partial charge in [0.1, 0.15) is 5.69 Å². The predicted molar refractivity (Wildman–Crippen MR) is 130 cm³/mol. The molecule has 34 heavy (non-hydrogen) atoms. The van der Waals surface area contributed by atoms with Crippen molar-refractivity contribution in [1.82, 2.24) is 24.4 Å². The van der Waals surface area contributed by atoms with Crippen molar-refractivity contribution < 1.29 is 14.3 Å². The maximum Gasteiger partial charge on any atom is 0.310 e. The smallest absolute Gasteiger partial charge is 0.310 e. The number of ether oxygens (including phenoxy) is 2. The number of carbonyl (C=O) groups is 1. The van der Waals surface area contributed by atoms with E-state index < -0.39 is 0 Å². The average molecular weight is 460 g/mol. The van der Waals surface area contributed by atoms with Crippen molar-refractivity contribution in [1.29, 1.82) is 0 Å². The molecule has 4 heterocycles. The molecule has 0 saturated carbocycles. The summed E-state index contributed by atoms with van der Waals surface area (Å²) in [5, 5.41) is 1.22. The summed E-state index contributed by atoms with van der Waals surface area (Å²) < 4.78 is 12.4. The molecule has 0 radical (unpaired) electrons. The van der Waals surface area contributed by atoms with Gasteiger partial charge in [0.2, 0.25) is 0 Å². The van der Waals surface area contributed by atoms with Gasteiger partial charge in [-0.25, -0.2) is 4.98 Å². The first kappa shape index (κ1) is 22.3. The Bertz CT molecular complexity index is 1270. The predicted octanol–water partition coefficient (Wildman–Crippen LogP) is 3.40. The Morgan fingerprint density at radius 1 is 1.18 bits per heavy atom. The second-order valence-corrected chi connectivity index (χ2v) is 8.40. The standard InChI is InChI=1S/C26H29N5O3/c1-2-34-25(32)15-19-7-10-31(18-19)24-17-27-16-23(28-24)26-21(8-9-30-11-13-33-14-12-30)20-5-3-4-6-22(20)29-26/h3-7,10,16-18,29H,2,8-9,11-15H2,1H3. The highest BCUT2D eigenvalue weighted by Crippen LogP contribution is 2.30. The van der Waals surface area contributed by atoms with Gasteiger partial charge in [0, 0.05) is 42.9 Å². The highest BCUT2D eigenvalue weighted by atomic mass is 16.5. The van der Waals surface area contributed by atoms with Crippen LogP contribution in [0.2, 0.25) is 0 Å². The van der Waals surface area contributed by atoms with Crippen molar-refractivity contribution in [2.24, 2.45) is 0 Å². The molecule has 1 aliphatic heterocycles. The molecule has 1 fully saturated rings. The second-order valence-electron chi connectivity index (χ2n) is 8.40. The molecule has 0 spiro atoms. The second kappa shape index (κ2) is 10.2. The minimum atomic E-state index is -0.233. The molecular formula is C26H29N5O3. The lowest BCUT2D eigenvalue weighted by atomic mass is 10.1. The van der Waals surface area contributed by atoms with Gasteiger partial charge in [0.25, 0.3) is 0 Å². The molecule has 1 aliphatic rings. The van der Waals surface area contributed by atoms with Crippen molar-refractivity contribution in [3.05, 3.63) is 66.2 Å². The maximum absolute atomic E-state index is 11.8. The zero-order valence-corrected chi connectivity index (χ0v) is 19.4. The molecule has 0 aliphatic carbocycles. The van der Waals surface area contributed by atoms with Crippen molar-refractivity contribution >= 4 is 16.9 Å². The lowest BCUT2D eigenvalue weighted by molar-refractivity contribution is -0.142. The quantitative estimate of drug-likeness (QED) is 0.407. The van der Waals surface area contributed by atoms with E-state index in [1.807, 2.05) is 36.0 Å². The number of nitrogens with one attached hydrogen (secondary N) is 1. The molecule has 1 aromatic carbocycles. The number of hydrogen-bond donors (Lipinski definition) is 1. The van der Waals surface area contributed by atoms with Crippen LogP contribution in [0.3, 0.4) is 0 Å². The molecule has 176 valence electrons. The molecule has 1 N–H and O–H groups in total. The van der Waals surface area contributed by atoms with Crippen molar-refractivity contribution in [2.75, 3.05) is 39.5 Å². The number of nitrogens with zero attached hydrogens (tertiary/aromatic N) is 4. The third kappa shape index (κ3) is 4.88. The summed E-state index contributed by atoms with van der Waals surface area (Å²) in [5.41, 5.74) is 5.03. The number of morpholine rings is 1. The van der Waals surface area contributed by atoms with Crippen LogP contribution in [0.5, 0.6) is 0 Å².